The summed E-state index contributed by atoms with van der Waals surface area (Å²) in [5, 5.41) is 6.39. The number of rotatable bonds is 8. The quantitative estimate of drug-likeness (QED) is 0.227. The van der Waals surface area contributed by atoms with Crippen molar-refractivity contribution in [2.45, 2.75) is 20.4 Å². The third kappa shape index (κ3) is 4.35. The third-order valence-electron chi connectivity index (χ3n) is 5.16. The van der Waals surface area contributed by atoms with Crippen molar-refractivity contribution in [2.24, 2.45) is 5.10 Å². The maximum Gasteiger partial charge on any atom is 0.307 e. The molecule has 2 heterocycles. The Hall–Kier alpha value is -3.29. The maximum atomic E-state index is 12.5. The number of methoxy groups -OCH3 is 1. The van der Waals surface area contributed by atoms with E-state index in [1.54, 1.807) is 19.4 Å². The minimum Gasteiger partial charge on any atom is -0.497 e. The van der Waals surface area contributed by atoms with Gasteiger partial charge in [0.05, 0.1) is 25.4 Å². The summed E-state index contributed by atoms with van der Waals surface area (Å²) in [7, 11) is 1.62. The van der Waals surface area contributed by atoms with Gasteiger partial charge in [0.1, 0.15) is 16.5 Å². The average Bonchev–Trinajstić information content (AvgIpc) is 3.32. The van der Waals surface area contributed by atoms with Crippen LogP contribution in [0.4, 0.5) is 0 Å². The van der Waals surface area contributed by atoms with Gasteiger partial charge in [-0.25, -0.2) is 5.43 Å². The van der Waals surface area contributed by atoms with E-state index < -0.39 is 5.91 Å². The Morgan fingerprint density at radius 3 is 2.88 bits per heavy atom. The molecule has 0 aliphatic heterocycles. The molecule has 4 aromatic rings. The Morgan fingerprint density at radius 2 is 2.09 bits per heavy atom. The van der Waals surface area contributed by atoms with Crippen molar-refractivity contribution in [1.29, 1.82) is 0 Å². The van der Waals surface area contributed by atoms with Gasteiger partial charge < -0.3 is 18.5 Å². The van der Waals surface area contributed by atoms with Gasteiger partial charge in [0.15, 0.2) is 5.76 Å². The third-order valence-corrected chi connectivity index (χ3v) is 5.57. The summed E-state index contributed by atoms with van der Waals surface area (Å²) in [6.07, 6.45) is 1.54. The van der Waals surface area contributed by atoms with Gasteiger partial charge in [0.25, 0.3) is 0 Å². The minimum atomic E-state index is -0.437. The number of hydrogen-bond acceptors (Lipinski definition) is 5. The van der Waals surface area contributed by atoms with E-state index in [9.17, 15) is 4.79 Å². The van der Waals surface area contributed by atoms with Crippen LogP contribution in [0.5, 0.6) is 5.75 Å². The summed E-state index contributed by atoms with van der Waals surface area (Å²) in [5.41, 5.74) is 5.86. The number of benzene rings is 2. The standard InChI is InChI=1S/C24H24ClN3O4/c1-4-31-10-9-28-20-13-17(30-3)6-7-18(20)19(23(28)25)14-26-27-24(29)22-12-16-11-15(2)5-8-21(16)32-22/h5-8,11-14H,4,9-10H2,1-3H3,(H,27,29). The number of amides is 1. The Bertz CT molecular complexity index is 1310. The van der Waals surface area contributed by atoms with Gasteiger partial charge in [0.2, 0.25) is 0 Å². The molecule has 0 aliphatic rings. The fourth-order valence-electron chi connectivity index (χ4n) is 3.58. The van der Waals surface area contributed by atoms with Crippen LogP contribution in [-0.4, -0.2) is 37.0 Å². The monoisotopic (exact) mass is 453 g/mol. The lowest BCUT2D eigenvalue weighted by atomic mass is 10.2. The van der Waals surface area contributed by atoms with Gasteiger partial charge >= 0.3 is 5.91 Å². The summed E-state index contributed by atoms with van der Waals surface area (Å²) in [6, 6.07) is 13.1. The Morgan fingerprint density at radius 1 is 1.25 bits per heavy atom. The van der Waals surface area contributed by atoms with Gasteiger partial charge in [-0.2, -0.15) is 5.10 Å². The van der Waals surface area contributed by atoms with Crippen molar-refractivity contribution in [3.8, 4) is 5.75 Å². The molecular formula is C24H24ClN3O4. The van der Waals surface area contributed by atoms with E-state index in [-0.39, 0.29) is 5.76 Å². The van der Waals surface area contributed by atoms with E-state index in [0.717, 1.165) is 27.6 Å². The molecule has 0 saturated carbocycles. The molecule has 1 N–H and O–H groups in total. The number of aromatic nitrogens is 1. The largest absolute Gasteiger partial charge is 0.497 e. The SMILES string of the molecule is CCOCCn1c(Cl)c(C=NNC(=O)c2cc3cc(C)ccc3o2)c2ccc(OC)cc21. The molecule has 1 amide bonds. The van der Waals surface area contributed by atoms with Crippen LogP contribution in [0.1, 0.15) is 28.6 Å². The van der Waals surface area contributed by atoms with Crippen molar-refractivity contribution in [1.82, 2.24) is 9.99 Å². The number of fused-ring (bicyclic) bond motifs is 2. The molecule has 4 rings (SSSR count). The summed E-state index contributed by atoms with van der Waals surface area (Å²) in [4.78, 5) is 12.5. The molecule has 8 heteroatoms. The fraction of sp³-hybridized carbons (Fsp3) is 0.250. The fourth-order valence-corrected chi connectivity index (χ4v) is 3.90. The topological polar surface area (TPSA) is 78.0 Å². The van der Waals surface area contributed by atoms with Gasteiger partial charge in [-0.15, -0.1) is 0 Å². The molecule has 7 nitrogen and oxygen atoms in total. The number of halogens is 1. The van der Waals surface area contributed by atoms with Crippen molar-refractivity contribution >= 4 is 45.6 Å². The number of ether oxygens (including phenoxy) is 2. The summed E-state index contributed by atoms with van der Waals surface area (Å²) < 4.78 is 18.4. The second-order valence-corrected chi connectivity index (χ2v) is 7.65. The number of aryl methyl sites for hydroxylation is 1. The Labute approximate surface area is 190 Å². The normalized spacial score (nSPS) is 11.6. The molecule has 0 fully saturated rings. The lowest BCUT2D eigenvalue weighted by molar-refractivity contribution is 0.0929. The highest BCUT2D eigenvalue weighted by Gasteiger charge is 2.16. The Kier molecular flexibility index (Phi) is 6.48. The van der Waals surface area contributed by atoms with E-state index in [2.05, 4.69) is 10.5 Å². The number of carbonyl (C=O) groups excluding carboxylic acids is 1. The van der Waals surface area contributed by atoms with Gasteiger partial charge in [-0.05, 0) is 44.2 Å². The number of hydrazone groups is 1. The lowest BCUT2D eigenvalue weighted by Crippen LogP contribution is -2.16. The van der Waals surface area contributed by atoms with Crippen molar-refractivity contribution in [3.63, 3.8) is 0 Å². The first kappa shape index (κ1) is 21.9. The molecule has 0 radical (unpaired) electrons. The van der Waals surface area contributed by atoms with E-state index >= 15 is 0 Å². The maximum absolute atomic E-state index is 12.5. The van der Waals surface area contributed by atoms with Crippen molar-refractivity contribution in [2.75, 3.05) is 20.3 Å². The molecule has 0 atom stereocenters. The summed E-state index contributed by atoms with van der Waals surface area (Å²) >= 11 is 6.67. The molecule has 32 heavy (non-hydrogen) atoms. The molecule has 166 valence electrons. The highest BCUT2D eigenvalue weighted by molar-refractivity contribution is 6.34. The lowest BCUT2D eigenvalue weighted by Gasteiger charge is -2.08. The van der Waals surface area contributed by atoms with Crippen LogP contribution in [-0.2, 0) is 11.3 Å². The zero-order chi connectivity index (χ0) is 22.7. The molecule has 0 saturated heterocycles. The molecule has 0 unspecified atom stereocenters. The molecule has 2 aromatic heterocycles. The molecule has 0 spiro atoms. The first-order valence-electron chi connectivity index (χ1n) is 10.3. The average molecular weight is 454 g/mol. The first-order chi connectivity index (χ1) is 15.5. The number of carbonyl (C=O) groups is 1. The first-order valence-corrected chi connectivity index (χ1v) is 10.7. The molecule has 2 aromatic carbocycles. The zero-order valence-corrected chi connectivity index (χ0v) is 18.9. The molecule has 0 bridgehead atoms. The van der Waals surface area contributed by atoms with Crippen LogP contribution in [0.2, 0.25) is 5.15 Å². The highest BCUT2D eigenvalue weighted by Crippen LogP contribution is 2.31. The number of hydrogen-bond donors (Lipinski definition) is 1. The zero-order valence-electron chi connectivity index (χ0n) is 18.1. The predicted molar refractivity (Wildman–Crippen MR) is 126 cm³/mol. The number of furan rings is 1. The van der Waals surface area contributed by atoms with E-state index in [1.807, 2.05) is 54.8 Å². The van der Waals surface area contributed by atoms with Gasteiger partial charge in [0, 0.05) is 35.6 Å². The second kappa shape index (κ2) is 9.46. The number of nitrogens with zero attached hydrogens (tertiary/aromatic N) is 2. The van der Waals surface area contributed by atoms with Crippen LogP contribution in [0.25, 0.3) is 21.9 Å². The van der Waals surface area contributed by atoms with Crippen LogP contribution in [0, 0.1) is 6.92 Å². The summed E-state index contributed by atoms with van der Waals surface area (Å²) in [6.45, 7) is 5.66. The second-order valence-electron chi connectivity index (χ2n) is 7.29. The minimum absolute atomic E-state index is 0.192. The molecular weight excluding hydrogens is 430 g/mol. The van der Waals surface area contributed by atoms with Crippen molar-refractivity contribution < 1.29 is 18.7 Å². The summed E-state index contributed by atoms with van der Waals surface area (Å²) in [5.74, 6) is 0.479. The van der Waals surface area contributed by atoms with E-state index in [0.29, 0.717) is 36.1 Å². The van der Waals surface area contributed by atoms with E-state index in [4.69, 9.17) is 25.5 Å². The van der Waals surface area contributed by atoms with Crippen LogP contribution in [0.15, 0.2) is 52.0 Å². The van der Waals surface area contributed by atoms with E-state index in [1.165, 1.54) is 0 Å². The van der Waals surface area contributed by atoms with Crippen LogP contribution < -0.4 is 10.2 Å². The highest BCUT2D eigenvalue weighted by atomic mass is 35.5. The van der Waals surface area contributed by atoms with Crippen LogP contribution in [0.3, 0.4) is 0 Å². The Balaban J connectivity index is 1.59. The number of nitrogens with one attached hydrogen (secondary N) is 1. The van der Waals surface area contributed by atoms with Crippen LogP contribution >= 0.6 is 11.6 Å². The molecule has 0 aliphatic carbocycles. The predicted octanol–water partition coefficient (Wildman–Crippen LogP) is 5.16. The van der Waals surface area contributed by atoms with Crippen molar-refractivity contribution in [3.05, 3.63) is 64.5 Å². The van der Waals surface area contributed by atoms with Gasteiger partial charge in [-0.1, -0.05) is 23.2 Å². The van der Waals surface area contributed by atoms with Gasteiger partial charge in [-0.3, -0.25) is 4.79 Å². The smallest absolute Gasteiger partial charge is 0.307 e.